The van der Waals surface area contributed by atoms with Gasteiger partial charge < -0.3 is 31.0 Å². The summed E-state index contributed by atoms with van der Waals surface area (Å²) in [5.41, 5.74) is 12.8. The summed E-state index contributed by atoms with van der Waals surface area (Å²) in [6.45, 7) is 3.89. The van der Waals surface area contributed by atoms with Gasteiger partial charge in [-0.2, -0.15) is 9.97 Å². The van der Waals surface area contributed by atoms with Crippen LogP contribution in [0.5, 0.6) is 0 Å². The summed E-state index contributed by atoms with van der Waals surface area (Å²) < 4.78 is 12.0. The molecule has 14 heteroatoms. The molecule has 4 heterocycles. The smallest absolute Gasteiger partial charge is 0.230 e. The normalized spacial score (nSPS) is 17.9. The number of hydrazine groups is 2. The topological polar surface area (TPSA) is 150 Å². The third kappa shape index (κ3) is 9.36. The Morgan fingerprint density at radius 2 is 0.926 bits per heavy atom. The van der Waals surface area contributed by atoms with Crippen molar-refractivity contribution >= 4 is 46.8 Å². The lowest BCUT2D eigenvalue weighted by atomic mass is 10.1. The molecule has 2 aromatic heterocycles. The Bertz CT molecular complexity index is 1970. The number of anilines is 6. The molecule has 14 nitrogen and oxygen atoms in total. The number of benzene rings is 4. The lowest BCUT2D eigenvalue weighted by molar-refractivity contribution is -0.0259. The number of para-hydroxylation sites is 2. The zero-order valence-electron chi connectivity index (χ0n) is 29.5. The number of morpholine rings is 2. The van der Waals surface area contributed by atoms with Crippen molar-refractivity contribution in [1.82, 2.24) is 39.9 Å². The van der Waals surface area contributed by atoms with Crippen LogP contribution in [0, 0.1) is 0 Å². The Morgan fingerprint density at radius 3 is 1.35 bits per heavy atom. The molecule has 8 rings (SSSR count). The minimum atomic E-state index is -0.274. The molecule has 2 unspecified atom stereocenters. The van der Waals surface area contributed by atoms with Crippen LogP contribution in [0.3, 0.4) is 0 Å². The van der Waals surface area contributed by atoms with Gasteiger partial charge in [0.1, 0.15) is 24.9 Å². The van der Waals surface area contributed by atoms with Gasteiger partial charge in [0, 0.05) is 35.8 Å². The summed E-state index contributed by atoms with van der Waals surface area (Å²) in [6.07, 6.45) is 6.63. The maximum Gasteiger partial charge on any atom is 0.230 e. The highest BCUT2D eigenvalue weighted by molar-refractivity contribution is 5.72. The van der Waals surface area contributed by atoms with Crippen LogP contribution in [0.4, 0.5) is 34.6 Å². The van der Waals surface area contributed by atoms with Gasteiger partial charge in [-0.05, 0) is 59.7 Å². The van der Waals surface area contributed by atoms with E-state index < -0.39 is 0 Å². The number of ether oxygens (including phenoxy) is 2. The minimum Gasteiger partial charge on any atom is -0.367 e. The van der Waals surface area contributed by atoms with Crippen LogP contribution in [-0.4, -0.2) is 79.3 Å². The van der Waals surface area contributed by atoms with Crippen molar-refractivity contribution in [2.24, 2.45) is 0 Å². The van der Waals surface area contributed by atoms with Crippen molar-refractivity contribution in [3.05, 3.63) is 145 Å². The summed E-state index contributed by atoms with van der Waals surface area (Å²) in [7, 11) is 0. The maximum absolute atomic E-state index is 6.00. The highest BCUT2D eigenvalue weighted by Gasteiger charge is 2.26. The van der Waals surface area contributed by atoms with Gasteiger partial charge >= 0.3 is 0 Å². The second-order valence-corrected chi connectivity index (χ2v) is 12.7. The van der Waals surface area contributed by atoms with E-state index >= 15 is 0 Å². The molecule has 272 valence electrons. The van der Waals surface area contributed by atoms with Gasteiger partial charge in [-0.15, -0.1) is 0 Å². The first-order chi connectivity index (χ1) is 26.7. The maximum atomic E-state index is 6.00. The third-order valence-electron chi connectivity index (χ3n) is 8.81. The van der Waals surface area contributed by atoms with Crippen molar-refractivity contribution in [2.45, 2.75) is 12.2 Å². The lowest BCUT2D eigenvalue weighted by Gasteiger charge is -2.32. The zero-order valence-corrected chi connectivity index (χ0v) is 29.5. The Labute approximate surface area is 313 Å². The summed E-state index contributed by atoms with van der Waals surface area (Å²) in [6, 6.07) is 36.3. The monoisotopic (exact) mass is 720 g/mol. The van der Waals surface area contributed by atoms with Gasteiger partial charge in [-0.25, -0.2) is 30.0 Å². The summed E-state index contributed by atoms with van der Waals surface area (Å²) in [5, 5.41) is 10.8. The Morgan fingerprint density at radius 1 is 0.500 bits per heavy atom. The molecular weight excluding hydrogens is 681 g/mol. The first-order valence-electron chi connectivity index (χ1n) is 17.9. The van der Waals surface area contributed by atoms with Crippen LogP contribution < -0.4 is 21.5 Å². The molecule has 2 aliphatic rings. The number of rotatable bonds is 12. The van der Waals surface area contributed by atoms with E-state index in [0.29, 0.717) is 49.8 Å². The van der Waals surface area contributed by atoms with Crippen LogP contribution in [0.1, 0.15) is 35.0 Å². The first kappa shape index (κ1) is 34.7. The first-order valence-corrected chi connectivity index (χ1v) is 17.9. The van der Waals surface area contributed by atoms with E-state index in [-0.39, 0.29) is 12.2 Å². The molecule has 0 aliphatic carbocycles. The highest BCUT2D eigenvalue weighted by Crippen LogP contribution is 2.24. The highest BCUT2D eigenvalue weighted by atomic mass is 16.5. The minimum absolute atomic E-state index is 0.274. The largest absolute Gasteiger partial charge is 0.367 e. The third-order valence-corrected chi connectivity index (χ3v) is 8.81. The summed E-state index contributed by atoms with van der Waals surface area (Å²) >= 11 is 0. The molecular formula is C40H40N12O2. The summed E-state index contributed by atoms with van der Waals surface area (Å²) in [4.78, 5) is 26.8. The molecule has 6 aromatic rings. The number of aromatic nitrogens is 6. The SMILES string of the molecule is C(=Cc1ccc(Nc2ncnc(C3CN(Nc4ccccc4)CCO3)n2)cc1)c1ccc(Nc2ncnc(C3CN(Nc4ccccc4)CCO3)n2)cc1. The van der Waals surface area contributed by atoms with E-state index in [1.807, 2.05) is 109 Å². The van der Waals surface area contributed by atoms with Crippen molar-refractivity contribution in [2.75, 3.05) is 60.9 Å². The van der Waals surface area contributed by atoms with Gasteiger partial charge in [0.05, 0.1) is 26.3 Å². The molecule has 2 fully saturated rings. The Balaban J connectivity index is 0.828. The molecule has 0 amide bonds. The molecule has 54 heavy (non-hydrogen) atoms. The lowest BCUT2D eigenvalue weighted by Crippen LogP contribution is -2.42. The number of hydrogen-bond acceptors (Lipinski definition) is 14. The average molecular weight is 721 g/mol. The van der Waals surface area contributed by atoms with Gasteiger partial charge in [-0.1, -0.05) is 72.8 Å². The van der Waals surface area contributed by atoms with Crippen LogP contribution in [0.15, 0.2) is 122 Å². The molecule has 4 aromatic carbocycles. The molecule has 4 N–H and O–H groups in total. The van der Waals surface area contributed by atoms with Crippen molar-refractivity contribution in [1.29, 1.82) is 0 Å². The molecule has 0 spiro atoms. The fraction of sp³-hybridized carbons (Fsp3) is 0.200. The van der Waals surface area contributed by atoms with E-state index in [2.05, 4.69) is 73.6 Å². The van der Waals surface area contributed by atoms with Gasteiger partial charge in [-0.3, -0.25) is 0 Å². The van der Waals surface area contributed by atoms with Crippen molar-refractivity contribution in [3.8, 4) is 0 Å². The van der Waals surface area contributed by atoms with Crippen LogP contribution in [-0.2, 0) is 9.47 Å². The number of nitrogens with zero attached hydrogens (tertiary/aromatic N) is 8. The van der Waals surface area contributed by atoms with E-state index in [1.54, 1.807) is 0 Å². The molecule has 0 radical (unpaired) electrons. The second-order valence-electron chi connectivity index (χ2n) is 12.7. The summed E-state index contributed by atoms with van der Waals surface area (Å²) in [5.74, 6) is 2.10. The average Bonchev–Trinajstić information content (AvgIpc) is 3.22. The number of nitrogens with one attached hydrogen (secondary N) is 4. The fourth-order valence-electron chi connectivity index (χ4n) is 6.06. The second kappa shape index (κ2) is 17.0. The van der Waals surface area contributed by atoms with E-state index in [1.165, 1.54) is 12.7 Å². The standard InChI is InChI=1S/C40H40N12O2/c1-3-7-33(8-4-1)49-51-21-23-53-35(25-51)37-41-27-43-39(47-37)45-31-17-13-29(14-18-31)11-12-30-15-19-32(20-16-30)46-40-44-28-42-38(48-40)36-26-52(22-24-54-36)50-34-9-5-2-6-10-34/h1-20,27-28,35-36,49-50H,21-26H2,(H,41,43,45,47)(H,42,44,46,48). The van der Waals surface area contributed by atoms with Crippen LogP contribution in [0.2, 0.25) is 0 Å². The van der Waals surface area contributed by atoms with E-state index in [9.17, 15) is 0 Å². The predicted molar refractivity (Wildman–Crippen MR) is 209 cm³/mol. The number of hydrogen-bond donors (Lipinski definition) is 4. The van der Waals surface area contributed by atoms with E-state index in [0.717, 1.165) is 47.0 Å². The zero-order chi connectivity index (χ0) is 36.4. The Hall–Kier alpha value is -6.32. The fourth-order valence-corrected chi connectivity index (χ4v) is 6.06. The van der Waals surface area contributed by atoms with E-state index in [4.69, 9.17) is 9.47 Å². The predicted octanol–water partition coefficient (Wildman–Crippen LogP) is 6.52. The molecule has 0 saturated carbocycles. The quantitative estimate of drug-likeness (QED) is 0.102. The van der Waals surface area contributed by atoms with Crippen LogP contribution in [0.25, 0.3) is 12.2 Å². The van der Waals surface area contributed by atoms with Gasteiger partial charge in [0.25, 0.3) is 0 Å². The molecule has 2 saturated heterocycles. The molecule has 2 aliphatic heterocycles. The van der Waals surface area contributed by atoms with Crippen molar-refractivity contribution < 1.29 is 9.47 Å². The van der Waals surface area contributed by atoms with Crippen LogP contribution >= 0.6 is 0 Å². The molecule has 0 bridgehead atoms. The van der Waals surface area contributed by atoms with Crippen molar-refractivity contribution in [3.63, 3.8) is 0 Å². The van der Waals surface area contributed by atoms with Gasteiger partial charge in [0.15, 0.2) is 11.6 Å². The van der Waals surface area contributed by atoms with Gasteiger partial charge in [0.2, 0.25) is 11.9 Å². The molecule has 2 atom stereocenters. The Kier molecular flexibility index (Phi) is 10.9.